The molecule has 0 aliphatic heterocycles. The number of rotatable bonds is 8. The topological polar surface area (TPSA) is 27.7 Å². The van der Waals surface area contributed by atoms with Crippen molar-refractivity contribution in [2.45, 2.75) is 25.1 Å². The highest BCUT2D eigenvalue weighted by Crippen LogP contribution is 2.41. The normalized spacial score (nSPS) is 13.5. The van der Waals surface area contributed by atoms with E-state index in [4.69, 9.17) is 14.2 Å². The summed E-state index contributed by atoms with van der Waals surface area (Å²) in [7, 11) is 1.44. The SMILES string of the molecule is COc1ccc(C(C)(COCc2ccc(F)c(Oc3ccccc3)c2)C(F)(F)F)cc1. The van der Waals surface area contributed by atoms with E-state index in [0.29, 0.717) is 17.1 Å². The molecule has 1 atom stereocenters. The molecule has 0 radical (unpaired) electrons. The van der Waals surface area contributed by atoms with E-state index in [2.05, 4.69) is 0 Å². The Kier molecular flexibility index (Phi) is 6.85. The zero-order chi connectivity index (χ0) is 22.5. The van der Waals surface area contributed by atoms with Crippen LogP contribution in [0.1, 0.15) is 18.1 Å². The van der Waals surface area contributed by atoms with Crippen molar-refractivity contribution in [3.63, 3.8) is 0 Å². The largest absolute Gasteiger partial charge is 0.497 e. The van der Waals surface area contributed by atoms with Crippen LogP contribution >= 0.6 is 0 Å². The summed E-state index contributed by atoms with van der Waals surface area (Å²) in [6.45, 7) is 0.353. The van der Waals surface area contributed by atoms with Crippen molar-refractivity contribution in [2.75, 3.05) is 13.7 Å². The first kappa shape index (κ1) is 22.6. The molecule has 3 aromatic carbocycles. The third kappa shape index (κ3) is 5.35. The summed E-state index contributed by atoms with van der Waals surface area (Å²) in [6, 6.07) is 18.4. The van der Waals surface area contributed by atoms with Gasteiger partial charge in [-0.25, -0.2) is 4.39 Å². The van der Waals surface area contributed by atoms with Gasteiger partial charge in [-0.3, -0.25) is 0 Å². The van der Waals surface area contributed by atoms with Gasteiger partial charge in [0.15, 0.2) is 11.6 Å². The van der Waals surface area contributed by atoms with E-state index in [9.17, 15) is 17.6 Å². The highest BCUT2D eigenvalue weighted by molar-refractivity contribution is 5.35. The predicted octanol–water partition coefficient (Wildman–Crippen LogP) is 6.66. The van der Waals surface area contributed by atoms with Gasteiger partial charge in [0.2, 0.25) is 0 Å². The molecule has 0 aliphatic rings. The van der Waals surface area contributed by atoms with Gasteiger partial charge in [0.05, 0.1) is 20.3 Å². The lowest BCUT2D eigenvalue weighted by Gasteiger charge is -2.32. The molecule has 3 nitrogen and oxygen atoms in total. The second-order valence-electron chi connectivity index (χ2n) is 7.23. The van der Waals surface area contributed by atoms with Crippen LogP contribution in [0.25, 0.3) is 0 Å². The molecule has 0 spiro atoms. The first-order valence-corrected chi connectivity index (χ1v) is 9.53. The van der Waals surface area contributed by atoms with Gasteiger partial charge in [-0.2, -0.15) is 13.2 Å². The summed E-state index contributed by atoms with van der Waals surface area (Å²) in [5, 5.41) is 0. The first-order valence-electron chi connectivity index (χ1n) is 9.53. The van der Waals surface area contributed by atoms with Crippen LogP contribution in [0.2, 0.25) is 0 Å². The van der Waals surface area contributed by atoms with E-state index < -0.39 is 24.0 Å². The van der Waals surface area contributed by atoms with Gasteiger partial charge in [-0.1, -0.05) is 36.4 Å². The van der Waals surface area contributed by atoms with E-state index in [1.165, 1.54) is 49.6 Å². The van der Waals surface area contributed by atoms with Gasteiger partial charge in [-0.05, 0) is 54.4 Å². The molecule has 0 bridgehead atoms. The molecular weight excluding hydrogens is 412 g/mol. The van der Waals surface area contributed by atoms with Gasteiger partial charge in [-0.15, -0.1) is 0 Å². The zero-order valence-corrected chi connectivity index (χ0v) is 17.1. The number of para-hydroxylation sites is 1. The average molecular weight is 434 g/mol. The molecule has 0 saturated heterocycles. The van der Waals surface area contributed by atoms with Crippen LogP contribution in [0.15, 0.2) is 72.8 Å². The van der Waals surface area contributed by atoms with Crippen LogP contribution in [0.3, 0.4) is 0 Å². The Bertz CT molecular complexity index is 988. The third-order valence-electron chi connectivity index (χ3n) is 4.98. The standard InChI is InChI=1S/C24H22F4O3/c1-23(24(26,27)28,18-9-11-19(29-2)12-10-18)16-30-15-17-8-13-21(25)22(14-17)31-20-6-4-3-5-7-20/h3-14H,15-16H2,1-2H3. The van der Waals surface area contributed by atoms with Crippen molar-refractivity contribution < 1.29 is 31.8 Å². The van der Waals surface area contributed by atoms with Gasteiger partial charge >= 0.3 is 6.18 Å². The summed E-state index contributed by atoms with van der Waals surface area (Å²) in [5.74, 6) is 0.307. The number of methoxy groups -OCH3 is 1. The predicted molar refractivity (Wildman–Crippen MR) is 109 cm³/mol. The summed E-state index contributed by atoms with van der Waals surface area (Å²) < 4.78 is 71.7. The van der Waals surface area contributed by atoms with Crippen LogP contribution in [0.4, 0.5) is 17.6 Å². The van der Waals surface area contributed by atoms with Gasteiger partial charge in [0, 0.05) is 0 Å². The Labute approximate surface area is 178 Å². The lowest BCUT2D eigenvalue weighted by atomic mass is 9.82. The number of halogens is 4. The quantitative estimate of drug-likeness (QED) is 0.371. The Morgan fingerprint density at radius 1 is 0.839 bits per heavy atom. The fourth-order valence-corrected chi connectivity index (χ4v) is 2.99. The highest BCUT2D eigenvalue weighted by atomic mass is 19.4. The molecule has 0 fully saturated rings. The third-order valence-corrected chi connectivity index (χ3v) is 4.98. The van der Waals surface area contributed by atoms with Crippen molar-refractivity contribution >= 4 is 0 Å². The molecule has 7 heteroatoms. The number of ether oxygens (including phenoxy) is 3. The van der Waals surface area contributed by atoms with E-state index in [-0.39, 0.29) is 17.9 Å². The first-order chi connectivity index (χ1) is 14.7. The summed E-state index contributed by atoms with van der Waals surface area (Å²) in [6.07, 6.45) is -4.54. The van der Waals surface area contributed by atoms with Gasteiger partial charge in [0.1, 0.15) is 16.9 Å². The molecule has 0 saturated carbocycles. The van der Waals surface area contributed by atoms with Crippen LogP contribution in [-0.2, 0) is 16.8 Å². The molecule has 0 amide bonds. The Morgan fingerprint density at radius 3 is 2.13 bits per heavy atom. The van der Waals surface area contributed by atoms with Crippen molar-refractivity contribution in [3.05, 3.63) is 89.7 Å². The number of hydrogen-bond acceptors (Lipinski definition) is 3. The van der Waals surface area contributed by atoms with E-state index in [1.54, 1.807) is 30.3 Å². The Balaban J connectivity index is 1.72. The van der Waals surface area contributed by atoms with Crippen LogP contribution in [-0.4, -0.2) is 19.9 Å². The Morgan fingerprint density at radius 2 is 1.52 bits per heavy atom. The lowest BCUT2D eigenvalue weighted by Crippen LogP contribution is -2.43. The maximum atomic E-state index is 14.1. The maximum Gasteiger partial charge on any atom is 0.400 e. The highest BCUT2D eigenvalue weighted by Gasteiger charge is 2.52. The van der Waals surface area contributed by atoms with Crippen molar-refractivity contribution in [3.8, 4) is 17.2 Å². The second kappa shape index (κ2) is 9.39. The van der Waals surface area contributed by atoms with Crippen molar-refractivity contribution in [2.24, 2.45) is 0 Å². The molecule has 3 aromatic rings. The van der Waals surface area contributed by atoms with Gasteiger partial charge in [0.25, 0.3) is 0 Å². The Hall–Kier alpha value is -3.06. The van der Waals surface area contributed by atoms with E-state index >= 15 is 0 Å². The molecule has 164 valence electrons. The second-order valence-corrected chi connectivity index (χ2v) is 7.23. The van der Waals surface area contributed by atoms with Gasteiger partial charge < -0.3 is 14.2 Å². The molecule has 3 rings (SSSR count). The van der Waals surface area contributed by atoms with E-state index in [0.717, 1.165) is 6.92 Å². The summed E-state index contributed by atoms with van der Waals surface area (Å²) >= 11 is 0. The average Bonchev–Trinajstić information content (AvgIpc) is 2.76. The number of benzene rings is 3. The zero-order valence-electron chi connectivity index (χ0n) is 17.1. The smallest absolute Gasteiger partial charge is 0.400 e. The van der Waals surface area contributed by atoms with Crippen LogP contribution in [0.5, 0.6) is 17.2 Å². The molecular formula is C24H22F4O3. The molecule has 0 aliphatic carbocycles. The molecule has 0 N–H and O–H groups in total. The van der Waals surface area contributed by atoms with Crippen LogP contribution < -0.4 is 9.47 Å². The summed E-state index contributed by atoms with van der Waals surface area (Å²) in [5.41, 5.74) is -1.66. The van der Waals surface area contributed by atoms with E-state index in [1.807, 2.05) is 0 Å². The summed E-state index contributed by atoms with van der Waals surface area (Å²) in [4.78, 5) is 0. The molecule has 31 heavy (non-hydrogen) atoms. The maximum absolute atomic E-state index is 14.1. The minimum atomic E-state index is -4.54. The number of hydrogen-bond donors (Lipinski definition) is 0. The fourth-order valence-electron chi connectivity index (χ4n) is 2.99. The minimum absolute atomic E-state index is 0.0268. The van der Waals surface area contributed by atoms with Crippen LogP contribution in [0, 0.1) is 5.82 Å². The van der Waals surface area contributed by atoms with Crippen molar-refractivity contribution in [1.82, 2.24) is 0 Å². The monoisotopic (exact) mass is 434 g/mol. The number of alkyl halides is 3. The fraction of sp³-hybridized carbons (Fsp3) is 0.250. The molecule has 0 heterocycles. The molecule has 1 unspecified atom stereocenters. The molecule has 0 aromatic heterocycles. The lowest BCUT2D eigenvalue weighted by molar-refractivity contribution is -0.201. The minimum Gasteiger partial charge on any atom is -0.497 e. The van der Waals surface area contributed by atoms with Crippen molar-refractivity contribution in [1.29, 1.82) is 0 Å².